The van der Waals surface area contributed by atoms with E-state index in [1.54, 1.807) is 38.9 Å². The highest BCUT2D eigenvalue weighted by atomic mass is 79.9. The van der Waals surface area contributed by atoms with Crippen molar-refractivity contribution in [2.45, 2.75) is 38.1 Å². The molecule has 0 unspecified atom stereocenters. The maximum absolute atomic E-state index is 5.63. The third-order valence-electron chi connectivity index (χ3n) is 5.75. The Kier molecular flexibility index (Phi) is 7.88. The van der Waals surface area contributed by atoms with E-state index in [9.17, 15) is 0 Å². The van der Waals surface area contributed by atoms with Crippen molar-refractivity contribution in [2.24, 2.45) is 10.1 Å². The van der Waals surface area contributed by atoms with Crippen molar-refractivity contribution in [3.8, 4) is 28.5 Å². The summed E-state index contributed by atoms with van der Waals surface area (Å²) in [7, 11) is 4.82. The molecule has 8 heteroatoms. The van der Waals surface area contributed by atoms with E-state index >= 15 is 0 Å². The predicted molar refractivity (Wildman–Crippen MR) is 137 cm³/mol. The van der Waals surface area contributed by atoms with Gasteiger partial charge in [-0.25, -0.2) is 4.68 Å². The molecule has 1 heterocycles. The molecule has 3 aromatic rings. The average molecular weight is 530 g/mol. The van der Waals surface area contributed by atoms with Crippen LogP contribution in [0, 0.1) is 0 Å². The summed E-state index contributed by atoms with van der Waals surface area (Å²) in [6.45, 7) is 0. The standard InChI is InChI=1S/C25H28BrN3O3S/c1-30-22-14-13-17(23(31-2)24(22)32-3)15-27-29-21(19-11-7-8-12-20(19)26)16-33-25(29)28-18-9-5-4-6-10-18/h7-8,11-16,18H,4-6,9-10H2,1-3H3. The van der Waals surface area contributed by atoms with Crippen molar-refractivity contribution < 1.29 is 14.2 Å². The normalized spacial score (nSPS) is 15.2. The van der Waals surface area contributed by atoms with E-state index in [4.69, 9.17) is 24.3 Å². The highest BCUT2D eigenvalue weighted by Crippen LogP contribution is 2.39. The number of nitrogens with zero attached hydrogens (tertiary/aromatic N) is 3. The van der Waals surface area contributed by atoms with E-state index in [0.717, 1.165) is 38.9 Å². The lowest BCUT2D eigenvalue weighted by molar-refractivity contribution is 0.324. The Hall–Kier alpha value is -2.58. The van der Waals surface area contributed by atoms with Crippen LogP contribution >= 0.6 is 27.3 Å². The van der Waals surface area contributed by atoms with Crippen LogP contribution in [0.25, 0.3) is 11.3 Å². The van der Waals surface area contributed by atoms with Gasteiger partial charge in [0.15, 0.2) is 11.5 Å². The third kappa shape index (κ3) is 5.17. The molecule has 6 nitrogen and oxygen atoms in total. The van der Waals surface area contributed by atoms with Gasteiger partial charge >= 0.3 is 0 Å². The molecule has 0 N–H and O–H groups in total. The molecule has 1 aliphatic carbocycles. The van der Waals surface area contributed by atoms with E-state index in [2.05, 4.69) is 27.4 Å². The van der Waals surface area contributed by atoms with Gasteiger partial charge in [-0.05, 0) is 31.0 Å². The molecule has 1 aliphatic rings. The molecular weight excluding hydrogens is 502 g/mol. The summed E-state index contributed by atoms with van der Waals surface area (Å²) in [5.41, 5.74) is 2.84. The molecule has 0 amide bonds. The molecule has 0 radical (unpaired) electrons. The Bertz CT molecular complexity index is 1200. The molecular formula is C25H28BrN3O3S. The summed E-state index contributed by atoms with van der Waals surface area (Å²) < 4.78 is 19.5. The first kappa shape index (κ1) is 23.6. The number of hydrogen-bond acceptors (Lipinski definition) is 6. The molecule has 2 aromatic carbocycles. The second kappa shape index (κ2) is 11.0. The minimum absolute atomic E-state index is 0.349. The lowest BCUT2D eigenvalue weighted by Crippen LogP contribution is -2.19. The van der Waals surface area contributed by atoms with Crippen LogP contribution in [0.2, 0.25) is 0 Å². The molecule has 0 saturated heterocycles. The zero-order valence-corrected chi connectivity index (χ0v) is 21.5. The van der Waals surface area contributed by atoms with Gasteiger partial charge < -0.3 is 14.2 Å². The molecule has 1 saturated carbocycles. The maximum Gasteiger partial charge on any atom is 0.206 e. The summed E-state index contributed by atoms with van der Waals surface area (Å²) in [5.74, 6) is 1.72. The Balaban J connectivity index is 1.82. The van der Waals surface area contributed by atoms with E-state index in [-0.39, 0.29) is 0 Å². The second-order valence-electron chi connectivity index (χ2n) is 7.78. The molecule has 174 valence electrons. The average Bonchev–Trinajstić information content (AvgIpc) is 3.24. The fourth-order valence-electron chi connectivity index (χ4n) is 4.07. The molecule has 0 aliphatic heterocycles. The van der Waals surface area contributed by atoms with Gasteiger partial charge in [0.2, 0.25) is 10.6 Å². The lowest BCUT2D eigenvalue weighted by Gasteiger charge is -2.17. The summed E-state index contributed by atoms with van der Waals surface area (Å²) in [6.07, 6.45) is 7.83. The van der Waals surface area contributed by atoms with Crippen LogP contribution in [-0.4, -0.2) is 38.3 Å². The fraction of sp³-hybridized carbons (Fsp3) is 0.360. The number of halogens is 1. The second-order valence-corrected chi connectivity index (χ2v) is 9.48. The quantitative estimate of drug-likeness (QED) is 0.346. The van der Waals surface area contributed by atoms with E-state index in [1.165, 1.54) is 19.3 Å². The summed E-state index contributed by atoms with van der Waals surface area (Å²) in [4.78, 5) is 5.98. The Morgan fingerprint density at radius 2 is 1.73 bits per heavy atom. The van der Waals surface area contributed by atoms with Crippen LogP contribution in [0.5, 0.6) is 17.2 Å². The fourth-order valence-corrected chi connectivity index (χ4v) is 5.45. The van der Waals surface area contributed by atoms with Crippen LogP contribution in [0.4, 0.5) is 0 Å². The molecule has 0 atom stereocenters. The van der Waals surface area contributed by atoms with Crippen LogP contribution in [0.3, 0.4) is 0 Å². The summed E-state index contributed by atoms with van der Waals surface area (Å²) >= 11 is 5.30. The smallest absolute Gasteiger partial charge is 0.206 e. The largest absolute Gasteiger partial charge is 0.493 e. The lowest BCUT2D eigenvalue weighted by atomic mass is 9.96. The van der Waals surface area contributed by atoms with Crippen LogP contribution < -0.4 is 19.0 Å². The minimum atomic E-state index is 0.349. The number of benzene rings is 2. The van der Waals surface area contributed by atoms with Gasteiger partial charge in [-0.3, -0.25) is 4.99 Å². The predicted octanol–water partition coefficient (Wildman–Crippen LogP) is 6.12. The molecule has 0 bridgehead atoms. The monoisotopic (exact) mass is 529 g/mol. The maximum atomic E-state index is 5.63. The van der Waals surface area contributed by atoms with Crippen molar-refractivity contribution >= 4 is 33.5 Å². The van der Waals surface area contributed by atoms with Crippen LogP contribution in [0.15, 0.2) is 56.3 Å². The zero-order valence-electron chi connectivity index (χ0n) is 19.1. The third-order valence-corrected chi connectivity index (χ3v) is 7.27. The minimum Gasteiger partial charge on any atom is -0.493 e. The summed E-state index contributed by atoms with van der Waals surface area (Å²) in [5, 5.41) is 6.99. The van der Waals surface area contributed by atoms with Gasteiger partial charge in [0.25, 0.3) is 0 Å². The topological polar surface area (TPSA) is 57.3 Å². The van der Waals surface area contributed by atoms with Crippen molar-refractivity contribution in [3.63, 3.8) is 0 Å². The first-order valence-electron chi connectivity index (χ1n) is 11.0. The zero-order chi connectivity index (χ0) is 23.2. The highest BCUT2D eigenvalue weighted by Gasteiger charge is 2.17. The van der Waals surface area contributed by atoms with E-state index in [0.29, 0.717) is 23.3 Å². The van der Waals surface area contributed by atoms with Crippen molar-refractivity contribution in [1.82, 2.24) is 4.68 Å². The van der Waals surface area contributed by atoms with E-state index in [1.807, 2.05) is 35.0 Å². The Labute approximate surface area is 206 Å². The number of aromatic nitrogens is 1. The Morgan fingerprint density at radius 3 is 2.42 bits per heavy atom. The van der Waals surface area contributed by atoms with Crippen molar-refractivity contribution in [2.75, 3.05) is 21.3 Å². The molecule has 4 rings (SSSR count). The van der Waals surface area contributed by atoms with Gasteiger partial charge in [-0.15, -0.1) is 11.3 Å². The molecule has 33 heavy (non-hydrogen) atoms. The highest BCUT2D eigenvalue weighted by molar-refractivity contribution is 9.10. The van der Waals surface area contributed by atoms with Gasteiger partial charge in [-0.2, -0.15) is 5.10 Å². The van der Waals surface area contributed by atoms with Gasteiger partial charge in [0.1, 0.15) is 0 Å². The number of thiazole rings is 1. The van der Waals surface area contributed by atoms with Crippen LogP contribution in [-0.2, 0) is 0 Å². The van der Waals surface area contributed by atoms with Crippen molar-refractivity contribution in [3.05, 3.63) is 56.6 Å². The van der Waals surface area contributed by atoms with Crippen LogP contribution in [0.1, 0.15) is 37.7 Å². The van der Waals surface area contributed by atoms with Gasteiger partial charge in [0.05, 0.1) is 39.3 Å². The first-order valence-corrected chi connectivity index (χ1v) is 12.7. The van der Waals surface area contributed by atoms with E-state index < -0.39 is 0 Å². The van der Waals surface area contributed by atoms with Gasteiger partial charge in [-0.1, -0.05) is 53.4 Å². The number of hydrogen-bond donors (Lipinski definition) is 0. The Morgan fingerprint density at radius 1 is 0.970 bits per heavy atom. The first-order chi connectivity index (χ1) is 16.2. The molecule has 0 spiro atoms. The molecule has 1 fully saturated rings. The number of ether oxygens (including phenoxy) is 3. The number of methoxy groups -OCH3 is 3. The van der Waals surface area contributed by atoms with Crippen molar-refractivity contribution in [1.29, 1.82) is 0 Å². The van der Waals surface area contributed by atoms with Gasteiger partial charge in [0, 0.05) is 21.0 Å². The number of rotatable bonds is 7. The SMILES string of the molecule is COc1ccc(C=Nn2c(-c3ccccc3Br)csc2=NC2CCCCC2)c(OC)c1OC. The summed E-state index contributed by atoms with van der Waals surface area (Å²) in [6, 6.07) is 12.3. The molecule has 1 aromatic heterocycles.